The second-order valence-corrected chi connectivity index (χ2v) is 8.30. The summed E-state index contributed by atoms with van der Waals surface area (Å²) in [6.07, 6.45) is 4.97. The van der Waals surface area contributed by atoms with E-state index in [0.717, 1.165) is 24.7 Å². The third kappa shape index (κ3) is 4.83. The second kappa shape index (κ2) is 9.60. The minimum atomic E-state index is -0.436. The number of aromatic nitrogens is 2. The van der Waals surface area contributed by atoms with Crippen molar-refractivity contribution in [1.82, 2.24) is 15.1 Å². The molecule has 160 valence electrons. The normalized spacial score (nSPS) is 17.7. The highest BCUT2D eigenvalue weighted by Crippen LogP contribution is 2.22. The van der Waals surface area contributed by atoms with E-state index >= 15 is 0 Å². The van der Waals surface area contributed by atoms with Gasteiger partial charge < -0.3 is 14.7 Å². The van der Waals surface area contributed by atoms with Crippen LogP contribution in [0.15, 0.2) is 30.3 Å². The minimum Gasteiger partial charge on any atom is -0.355 e. The summed E-state index contributed by atoms with van der Waals surface area (Å²) in [5, 5.41) is 9.17. The monoisotopic (exact) mass is 431 g/mol. The molecule has 6 nitrogen and oxygen atoms in total. The van der Waals surface area contributed by atoms with Gasteiger partial charge in [0.2, 0.25) is 5.91 Å². The lowest BCUT2D eigenvalue weighted by Gasteiger charge is -2.35. The van der Waals surface area contributed by atoms with Crippen LogP contribution in [0.1, 0.15) is 31.2 Å². The number of hydrogen-bond acceptors (Lipinski definition) is 5. The summed E-state index contributed by atoms with van der Waals surface area (Å²) in [4.78, 5) is 18.8. The molecule has 2 aliphatic rings. The van der Waals surface area contributed by atoms with Gasteiger partial charge >= 0.3 is 0 Å². The van der Waals surface area contributed by atoms with Crippen molar-refractivity contribution in [2.75, 3.05) is 49.1 Å². The zero-order chi connectivity index (χ0) is 20.9. The molecule has 1 aromatic heterocycles. The van der Waals surface area contributed by atoms with Gasteiger partial charge in [-0.3, -0.25) is 4.79 Å². The van der Waals surface area contributed by atoms with E-state index in [-0.39, 0.29) is 17.9 Å². The van der Waals surface area contributed by atoms with Crippen molar-refractivity contribution in [3.05, 3.63) is 46.7 Å². The number of hydrogen-bond donors (Lipinski definition) is 0. The van der Waals surface area contributed by atoms with Gasteiger partial charge in [0, 0.05) is 49.9 Å². The third-order valence-electron chi connectivity index (χ3n) is 5.91. The van der Waals surface area contributed by atoms with Gasteiger partial charge in [0.25, 0.3) is 0 Å². The molecule has 2 fully saturated rings. The maximum absolute atomic E-state index is 14.0. The molecule has 0 radical (unpaired) electrons. The number of halogens is 2. The molecule has 0 bridgehead atoms. The fraction of sp³-hybridized carbons (Fsp3) is 0.500. The van der Waals surface area contributed by atoms with Crippen LogP contribution in [0.3, 0.4) is 0 Å². The molecule has 1 aromatic carbocycles. The number of anilines is 2. The highest BCUT2D eigenvalue weighted by atomic mass is 35.5. The number of nitrogens with zero attached hydrogens (tertiary/aromatic N) is 5. The molecule has 8 heteroatoms. The lowest BCUT2D eigenvalue weighted by atomic mass is 10.1. The molecule has 2 aliphatic heterocycles. The average Bonchev–Trinajstić information content (AvgIpc) is 3.06. The first-order chi connectivity index (χ1) is 14.6. The molecule has 3 heterocycles. The Labute approximate surface area is 181 Å². The van der Waals surface area contributed by atoms with Crippen molar-refractivity contribution in [2.24, 2.45) is 0 Å². The number of benzene rings is 1. The summed E-state index contributed by atoms with van der Waals surface area (Å²) >= 11 is 6.06. The molecule has 0 aliphatic carbocycles. The van der Waals surface area contributed by atoms with Crippen LogP contribution in [-0.2, 0) is 11.2 Å². The Morgan fingerprint density at radius 3 is 2.03 bits per heavy atom. The molecule has 0 saturated carbocycles. The Bertz CT molecular complexity index is 842. The average molecular weight is 432 g/mol. The summed E-state index contributed by atoms with van der Waals surface area (Å²) in [5.41, 5.74) is 0.265. The van der Waals surface area contributed by atoms with Crippen molar-refractivity contribution >= 4 is 29.1 Å². The van der Waals surface area contributed by atoms with Crippen LogP contribution in [0.2, 0.25) is 5.02 Å². The molecule has 0 atom stereocenters. The topological polar surface area (TPSA) is 52.6 Å². The van der Waals surface area contributed by atoms with Crippen molar-refractivity contribution in [1.29, 1.82) is 0 Å². The molecular weight excluding hydrogens is 405 g/mol. The number of carbonyl (C=O) groups excluding carboxylic acids is 1. The van der Waals surface area contributed by atoms with Gasteiger partial charge in [0.05, 0.1) is 6.42 Å². The standard InChI is InChI=1S/C22H27ClFN5O/c23-18-6-5-7-19(24)17(18)16-22(30)29-14-12-28(13-15-29)21-9-8-20(25-26-21)27-10-3-1-2-4-11-27/h5-9H,1-4,10-16H2. The molecule has 4 rings (SSSR count). The van der Waals surface area contributed by atoms with Crippen molar-refractivity contribution in [3.63, 3.8) is 0 Å². The number of piperazine rings is 1. The summed E-state index contributed by atoms with van der Waals surface area (Å²) < 4.78 is 14.0. The summed E-state index contributed by atoms with van der Waals surface area (Å²) in [7, 11) is 0. The van der Waals surface area contributed by atoms with E-state index in [0.29, 0.717) is 31.2 Å². The van der Waals surface area contributed by atoms with Crippen LogP contribution in [-0.4, -0.2) is 60.3 Å². The number of rotatable bonds is 4. The number of amides is 1. The van der Waals surface area contributed by atoms with E-state index in [4.69, 9.17) is 11.6 Å². The van der Waals surface area contributed by atoms with E-state index < -0.39 is 5.82 Å². The molecule has 1 amide bonds. The predicted molar refractivity (Wildman–Crippen MR) is 117 cm³/mol. The van der Waals surface area contributed by atoms with Gasteiger partial charge in [-0.1, -0.05) is 30.5 Å². The van der Waals surface area contributed by atoms with Gasteiger partial charge in [-0.25, -0.2) is 4.39 Å². The van der Waals surface area contributed by atoms with E-state index in [1.54, 1.807) is 17.0 Å². The summed E-state index contributed by atoms with van der Waals surface area (Å²) in [5.74, 6) is 1.23. The first kappa shape index (κ1) is 20.8. The minimum absolute atomic E-state index is 0.0180. The predicted octanol–water partition coefficient (Wildman–Crippen LogP) is 3.54. The first-order valence-corrected chi connectivity index (χ1v) is 11.0. The van der Waals surface area contributed by atoms with Gasteiger partial charge in [-0.15, -0.1) is 10.2 Å². The highest BCUT2D eigenvalue weighted by Gasteiger charge is 2.24. The fourth-order valence-electron chi connectivity index (χ4n) is 4.10. The zero-order valence-corrected chi connectivity index (χ0v) is 17.8. The van der Waals surface area contributed by atoms with Crippen LogP contribution < -0.4 is 9.80 Å². The first-order valence-electron chi connectivity index (χ1n) is 10.7. The molecule has 0 spiro atoms. The molecule has 30 heavy (non-hydrogen) atoms. The van der Waals surface area contributed by atoms with Crippen molar-refractivity contribution in [3.8, 4) is 0 Å². The molecule has 0 N–H and O–H groups in total. The van der Waals surface area contributed by atoms with Crippen molar-refractivity contribution in [2.45, 2.75) is 32.1 Å². The van der Waals surface area contributed by atoms with Crippen LogP contribution in [0.4, 0.5) is 16.0 Å². The Kier molecular flexibility index (Phi) is 6.67. The molecule has 0 unspecified atom stereocenters. The van der Waals surface area contributed by atoms with Gasteiger partial charge in [0.1, 0.15) is 5.82 Å². The Morgan fingerprint density at radius 2 is 1.47 bits per heavy atom. The van der Waals surface area contributed by atoms with Crippen LogP contribution in [0.5, 0.6) is 0 Å². The summed E-state index contributed by atoms with van der Waals surface area (Å²) in [6.45, 7) is 4.57. The molecular formula is C22H27ClFN5O. The van der Waals surface area contributed by atoms with Crippen LogP contribution >= 0.6 is 11.6 Å². The zero-order valence-electron chi connectivity index (χ0n) is 17.1. The number of carbonyl (C=O) groups is 1. The van der Waals surface area contributed by atoms with Crippen molar-refractivity contribution < 1.29 is 9.18 Å². The Hall–Kier alpha value is -2.41. The van der Waals surface area contributed by atoms with Gasteiger partial charge in [-0.05, 0) is 37.1 Å². The fourth-order valence-corrected chi connectivity index (χ4v) is 4.33. The van der Waals surface area contributed by atoms with E-state index in [1.807, 2.05) is 12.1 Å². The van der Waals surface area contributed by atoms with E-state index in [1.165, 1.54) is 31.7 Å². The second-order valence-electron chi connectivity index (χ2n) is 7.90. The molecule has 2 saturated heterocycles. The highest BCUT2D eigenvalue weighted by molar-refractivity contribution is 6.31. The largest absolute Gasteiger partial charge is 0.355 e. The quantitative estimate of drug-likeness (QED) is 0.741. The van der Waals surface area contributed by atoms with E-state index in [2.05, 4.69) is 20.0 Å². The van der Waals surface area contributed by atoms with Crippen LogP contribution in [0, 0.1) is 5.82 Å². The smallest absolute Gasteiger partial charge is 0.227 e. The SMILES string of the molecule is O=C(Cc1c(F)cccc1Cl)N1CCN(c2ccc(N3CCCCCC3)nn2)CC1. The maximum Gasteiger partial charge on any atom is 0.227 e. The Balaban J connectivity index is 1.32. The third-order valence-corrected chi connectivity index (χ3v) is 6.27. The summed E-state index contributed by atoms with van der Waals surface area (Å²) in [6, 6.07) is 8.55. The van der Waals surface area contributed by atoms with E-state index in [9.17, 15) is 9.18 Å². The lowest BCUT2D eigenvalue weighted by Crippen LogP contribution is -2.49. The lowest BCUT2D eigenvalue weighted by molar-refractivity contribution is -0.130. The molecule has 2 aromatic rings. The maximum atomic E-state index is 14.0. The van der Waals surface area contributed by atoms with Crippen LogP contribution in [0.25, 0.3) is 0 Å². The van der Waals surface area contributed by atoms with Gasteiger partial charge in [0.15, 0.2) is 11.6 Å². The van der Waals surface area contributed by atoms with Gasteiger partial charge in [-0.2, -0.15) is 0 Å². The Morgan fingerprint density at radius 1 is 0.867 bits per heavy atom.